The van der Waals surface area contributed by atoms with Crippen molar-refractivity contribution in [3.63, 3.8) is 0 Å². The summed E-state index contributed by atoms with van der Waals surface area (Å²) in [6.07, 6.45) is 0. The Morgan fingerprint density at radius 2 is 0.409 bits per heavy atom. The molecule has 0 saturated heterocycles. The van der Waals surface area contributed by atoms with Gasteiger partial charge in [-0.05, 0) is 0 Å². The van der Waals surface area contributed by atoms with Crippen LogP contribution in [0.5, 0.6) is 0 Å². The average molecular weight is 515 g/mol. The van der Waals surface area contributed by atoms with Crippen molar-refractivity contribution in [3.05, 3.63) is 0 Å². The van der Waals surface area contributed by atoms with Crippen LogP contribution in [-0.2, 0) is 48.3 Å². The van der Waals surface area contributed by atoms with Crippen molar-refractivity contribution >= 4 is 144 Å². The van der Waals surface area contributed by atoms with E-state index in [2.05, 4.69) is 0 Å². The van der Waals surface area contributed by atoms with Gasteiger partial charge in [-0.1, -0.05) is 0 Å². The summed E-state index contributed by atoms with van der Waals surface area (Å²) in [5, 5.41) is 0. The first kappa shape index (κ1) is 63.6. The summed E-state index contributed by atoms with van der Waals surface area (Å²) >= 11 is 0. The Bertz CT molecular complexity index is 351. The van der Waals surface area contributed by atoms with Crippen LogP contribution in [0.3, 0.4) is 0 Å². The molecule has 22 heavy (non-hydrogen) atoms. The van der Waals surface area contributed by atoms with E-state index in [1.807, 2.05) is 0 Å². The fraction of sp³-hybridized carbons (Fsp3) is 0. The largest absolute Gasteiger partial charge is 3.00 e. The molecule has 0 aliphatic rings. The first-order chi connectivity index (χ1) is 6.00. The summed E-state index contributed by atoms with van der Waals surface area (Å²) in [6.45, 7) is 0. The molecule has 0 aliphatic heterocycles. The van der Waals surface area contributed by atoms with E-state index < -0.39 is 31.2 Å². The van der Waals surface area contributed by atoms with Crippen molar-refractivity contribution in [1.82, 2.24) is 0 Å². The first-order valence-electron chi connectivity index (χ1n) is 2.00. The van der Waals surface area contributed by atoms with E-state index in [4.69, 9.17) is 52.6 Å². The number of rotatable bonds is 0. The van der Waals surface area contributed by atoms with Gasteiger partial charge in [0.05, 0.1) is 0 Å². The molecular weight excluding hydrogens is 512 g/mol. The Kier molecular flexibility index (Phi) is 85.4. The van der Waals surface area contributed by atoms with Crippen LogP contribution in [0.2, 0.25) is 0 Å². The molecule has 0 rings (SSSR count). The van der Waals surface area contributed by atoms with Gasteiger partial charge in [0.25, 0.3) is 0 Å². The van der Waals surface area contributed by atoms with Gasteiger partial charge in [0.2, 0.25) is 0 Å². The van der Waals surface area contributed by atoms with Crippen molar-refractivity contribution in [2.45, 2.75) is 0 Å². The Morgan fingerprint density at radius 3 is 0.409 bits per heavy atom. The molecule has 0 unspecified atom stereocenters. The van der Waals surface area contributed by atoms with Crippen LogP contribution in [0, 0.1) is 0 Å². The smallest absolute Gasteiger partial charge is 0.870 e. The Hall–Kier alpha value is 3.79. The summed E-state index contributed by atoms with van der Waals surface area (Å²) in [5.41, 5.74) is 0. The van der Waals surface area contributed by atoms with E-state index in [-0.39, 0.29) is 147 Å². The van der Waals surface area contributed by atoms with Gasteiger partial charge in [-0.15, -0.1) is 0 Å². The molecule has 15 nitrogen and oxygen atoms in total. The van der Waals surface area contributed by atoms with Crippen LogP contribution >= 0.6 is 0 Å². The minimum Gasteiger partial charge on any atom is -0.870 e. The van der Waals surface area contributed by atoms with Gasteiger partial charge in [0.1, 0.15) is 0 Å². The predicted octanol–water partition coefficient (Wildman–Crippen LogP) is -5.69. The molecule has 0 saturated carbocycles. The van der Waals surface area contributed by atoms with Crippen molar-refractivity contribution < 1.29 is 86.1 Å². The topological polar surface area (TPSA) is 331 Å². The summed E-state index contributed by atoms with van der Waals surface area (Å²) in [4.78, 5) is 0. The minimum absolute atomic E-state index is 0. The predicted molar refractivity (Wildman–Crippen MR) is 54.5 cm³/mol. The second-order valence-corrected chi connectivity index (χ2v) is 3.67. The van der Waals surface area contributed by atoms with Gasteiger partial charge in [0, 0.05) is 31.2 Å². The van der Waals surface area contributed by atoms with Crippen molar-refractivity contribution in [3.8, 4) is 0 Å². The van der Waals surface area contributed by atoms with Gasteiger partial charge in [0.15, 0.2) is 0 Å². The monoisotopic (exact) mass is 515 g/mol. The maximum atomic E-state index is 8.52. The van der Waals surface area contributed by atoms with E-state index >= 15 is 0 Å². The average Bonchev–Trinajstić information content (AvgIpc) is 1.41. The molecule has 125 valence electrons. The van der Waals surface area contributed by atoms with Crippen LogP contribution in [0.1, 0.15) is 0 Å². The van der Waals surface area contributed by atoms with Gasteiger partial charge < -0.3 is 43.7 Å². The third-order valence-electron chi connectivity index (χ3n) is 0. The molecule has 0 amide bonds. The molecule has 0 spiro atoms. The maximum Gasteiger partial charge on any atom is 3.00 e. The number of hydrogen-bond acceptors (Lipinski definition) is 15. The molecule has 0 aromatic carbocycles. The van der Waals surface area contributed by atoms with Gasteiger partial charge in [-0.3, -0.25) is 25.3 Å². The first-order valence-corrected chi connectivity index (χ1v) is 6.00. The Labute approximate surface area is 226 Å². The standard InChI is InChI=1S/3Ca.Fe.3H2O4S.3H2O/c;;;;3*1-5(2,3)4;;;/h;;;;3*(H2,1,2,3,4);3*1H2/q3*+2;+3;;;;;;/p-9. The molecule has 0 heterocycles. The second-order valence-electron chi connectivity index (χ2n) is 1.22. The molecule has 1 radical (unpaired) electrons. The van der Waals surface area contributed by atoms with E-state index in [0.717, 1.165) is 0 Å². The molecule has 0 aromatic heterocycles. The van der Waals surface area contributed by atoms with Crippen molar-refractivity contribution in [2.75, 3.05) is 0 Å². The second kappa shape index (κ2) is 29.5. The number of hydrogen-bond donors (Lipinski definition) is 0. The molecular formula is H3Ca3FeO15S3. The van der Waals surface area contributed by atoms with E-state index in [9.17, 15) is 0 Å². The van der Waals surface area contributed by atoms with Crippen LogP contribution in [-0.4, -0.2) is 182 Å². The van der Waals surface area contributed by atoms with Crippen LogP contribution < -0.4 is 0 Å². The van der Waals surface area contributed by atoms with Crippen LogP contribution in [0.15, 0.2) is 0 Å². The van der Waals surface area contributed by atoms with E-state index in [0.29, 0.717) is 0 Å². The molecule has 0 aromatic rings. The van der Waals surface area contributed by atoms with Crippen molar-refractivity contribution in [2.24, 2.45) is 0 Å². The Morgan fingerprint density at radius 1 is 0.409 bits per heavy atom. The quantitative estimate of drug-likeness (QED) is 0.165. The summed E-state index contributed by atoms with van der Waals surface area (Å²) in [5.74, 6) is 0. The third kappa shape index (κ3) is 861. The van der Waals surface area contributed by atoms with Gasteiger partial charge >= 0.3 is 130 Å². The summed E-state index contributed by atoms with van der Waals surface area (Å²) in [7, 11) is -15.5. The summed E-state index contributed by atoms with van der Waals surface area (Å²) < 4.78 is 102. The van der Waals surface area contributed by atoms with E-state index in [1.54, 1.807) is 0 Å². The normalized spacial score (nSPS) is 7.91. The van der Waals surface area contributed by atoms with Crippen molar-refractivity contribution in [1.29, 1.82) is 0 Å². The molecule has 0 fully saturated rings. The third-order valence-corrected chi connectivity index (χ3v) is 0. The molecule has 0 aliphatic carbocycles. The van der Waals surface area contributed by atoms with Gasteiger partial charge in [-0.25, -0.2) is 0 Å². The molecule has 22 heteroatoms. The maximum absolute atomic E-state index is 8.52. The Balaban J connectivity index is -0.0000000106. The molecule has 0 atom stereocenters. The summed E-state index contributed by atoms with van der Waals surface area (Å²) in [6, 6.07) is 0. The zero-order chi connectivity index (χ0) is 13.5. The fourth-order valence-electron chi connectivity index (χ4n) is 0. The van der Waals surface area contributed by atoms with Crippen LogP contribution in [0.25, 0.3) is 0 Å². The zero-order valence-electron chi connectivity index (χ0n) is 9.94. The van der Waals surface area contributed by atoms with Crippen LogP contribution in [0.4, 0.5) is 0 Å². The molecule has 0 bridgehead atoms. The van der Waals surface area contributed by atoms with E-state index in [1.165, 1.54) is 0 Å². The fourth-order valence-corrected chi connectivity index (χ4v) is 0. The molecule has 3 N–H and O–H groups in total. The van der Waals surface area contributed by atoms with Gasteiger partial charge in [-0.2, -0.15) is 0 Å². The zero-order valence-corrected chi connectivity index (χ0v) is 20.1. The SMILES string of the molecule is O=S(=O)([O-])[O-].O=S(=O)([O-])[O-].O=S(=O)([O-])[O-].[Ca+2].[Ca+2].[Ca+2].[Fe+3].[OH-].[OH-].[OH-]. The minimum atomic E-state index is -5.17.